The SMILES string of the molecule is CN=C(N)c1ccnc2[nH]c(C3(O)CCC3)cc12. The second-order valence-corrected chi connectivity index (χ2v) is 4.80. The van der Waals surface area contributed by atoms with Crippen LogP contribution in [0.1, 0.15) is 30.5 Å². The quantitative estimate of drug-likeness (QED) is 0.549. The molecule has 0 saturated heterocycles. The molecule has 5 heteroatoms. The first-order valence-electron chi connectivity index (χ1n) is 6.07. The first kappa shape index (κ1) is 11.2. The van der Waals surface area contributed by atoms with E-state index in [1.54, 1.807) is 13.2 Å². The van der Waals surface area contributed by atoms with Gasteiger partial charge in [-0.05, 0) is 31.4 Å². The molecule has 94 valence electrons. The van der Waals surface area contributed by atoms with Crippen LogP contribution in [0, 0.1) is 0 Å². The molecule has 2 heterocycles. The summed E-state index contributed by atoms with van der Waals surface area (Å²) in [4.78, 5) is 11.5. The second-order valence-electron chi connectivity index (χ2n) is 4.80. The maximum atomic E-state index is 10.3. The van der Waals surface area contributed by atoms with Crippen LogP contribution in [0.2, 0.25) is 0 Å². The fraction of sp³-hybridized carbons (Fsp3) is 0.385. The van der Waals surface area contributed by atoms with E-state index in [2.05, 4.69) is 15.0 Å². The summed E-state index contributed by atoms with van der Waals surface area (Å²) in [7, 11) is 1.66. The molecule has 5 nitrogen and oxygen atoms in total. The number of pyridine rings is 1. The normalized spacial score (nSPS) is 18.9. The third-order valence-electron chi connectivity index (χ3n) is 3.73. The van der Waals surface area contributed by atoms with Gasteiger partial charge in [-0.1, -0.05) is 0 Å². The van der Waals surface area contributed by atoms with E-state index < -0.39 is 5.60 Å². The fourth-order valence-corrected chi connectivity index (χ4v) is 2.40. The lowest BCUT2D eigenvalue weighted by Gasteiger charge is -2.35. The molecule has 0 atom stereocenters. The molecule has 0 unspecified atom stereocenters. The lowest BCUT2D eigenvalue weighted by Crippen LogP contribution is -2.33. The highest BCUT2D eigenvalue weighted by molar-refractivity contribution is 6.07. The third kappa shape index (κ3) is 1.51. The Labute approximate surface area is 105 Å². The van der Waals surface area contributed by atoms with E-state index >= 15 is 0 Å². The largest absolute Gasteiger partial charge is 0.384 e. The van der Waals surface area contributed by atoms with E-state index in [0.717, 1.165) is 41.6 Å². The van der Waals surface area contributed by atoms with Crippen molar-refractivity contribution in [3.05, 3.63) is 29.6 Å². The van der Waals surface area contributed by atoms with Crippen LogP contribution in [0.3, 0.4) is 0 Å². The second kappa shape index (κ2) is 3.81. The Morgan fingerprint density at radius 2 is 2.33 bits per heavy atom. The number of aliphatic hydroxyl groups is 1. The molecule has 0 spiro atoms. The molecule has 2 aromatic heterocycles. The van der Waals surface area contributed by atoms with Crippen LogP contribution in [0.4, 0.5) is 0 Å². The highest BCUT2D eigenvalue weighted by Crippen LogP contribution is 2.41. The van der Waals surface area contributed by atoms with Crippen LogP contribution >= 0.6 is 0 Å². The van der Waals surface area contributed by atoms with E-state index in [-0.39, 0.29) is 0 Å². The summed E-state index contributed by atoms with van der Waals surface area (Å²) < 4.78 is 0. The highest BCUT2D eigenvalue weighted by atomic mass is 16.3. The number of nitrogens with two attached hydrogens (primary N) is 1. The first-order valence-corrected chi connectivity index (χ1v) is 6.07. The van der Waals surface area contributed by atoms with Crippen molar-refractivity contribution in [1.29, 1.82) is 0 Å². The zero-order valence-corrected chi connectivity index (χ0v) is 10.3. The van der Waals surface area contributed by atoms with Crippen LogP contribution in [0.15, 0.2) is 23.3 Å². The van der Waals surface area contributed by atoms with Crippen molar-refractivity contribution in [1.82, 2.24) is 9.97 Å². The van der Waals surface area contributed by atoms with Crippen LogP contribution < -0.4 is 5.73 Å². The summed E-state index contributed by atoms with van der Waals surface area (Å²) in [5, 5.41) is 11.3. The van der Waals surface area contributed by atoms with Gasteiger partial charge < -0.3 is 15.8 Å². The molecular formula is C13H16N4O. The van der Waals surface area contributed by atoms with Crippen LogP contribution in [0.25, 0.3) is 11.0 Å². The number of aliphatic imine (C=N–C) groups is 1. The molecule has 2 aromatic rings. The standard InChI is InChI=1S/C13H16N4O/c1-15-11(14)8-3-6-16-12-9(8)7-10(17-12)13(18)4-2-5-13/h3,6-7,18H,2,4-5H2,1H3,(H2,14,15)(H,16,17). The highest BCUT2D eigenvalue weighted by Gasteiger charge is 2.37. The number of aromatic nitrogens is 2. The predicted octanol–water partition coefficient (Wildman–Crippen LogP) is 1.27. The van der Waals surface area contributed by atoms with Crippen molar-refractivity contribution < 1.29 is 5.11 Å². The van der Waals surface area contributed by atoms with Gasteiger partial charge in [0.15, 0.2) is 0 Å². The van der Waals surface area contributed by atoms with Crippen molar-refractivity contribution in [3.8, 4) is 0 Å². The molecule has 0 aliphatic heterocycles. The molecule has 1 saturated carbocycles. The first-order chi connectivity index (χ1) is 8.64. The Kier molecular flexibility index (Phi) is 2.38. The molecule has 1 aliphatic rings. The van der Waals surface area contributed by atoms with Crippen molar-refractivity contribution in [3.63, 3.8) is 0 Å². The molecule has 3 rings (SSSR count). The number of hydrogen-bond donors (Lipinski definition) is 3. The summed E-state index contributed by atoms with van der Waals surface area (Å²) in [6, 6.07) is 3.78. The average Bonchev–Trinajstić information content (AvgIpc) is 2.78. The van der Waals surface area contributed by atoms with Crippen LogP contribution in [-0.4, -0.2) is 28.0 Å². The Morgan fingerprint density at radius 1 is 1.56 bits per heavy atom. The molecule has 18 heavy (non-hydrogen) atoms. The Balaban J connectivity index is 2.17. The topological polar surface area (TPSA) is 87.3 Å². The van der Waals surface area contributed by atoms with E-state index in [4.69, 9.17) is 5.73 Å². The average molecular weight is 244 g/mol. The number of H-pyrrole nitrogens is 1. The predicted molar refractivity (Wildman–Crippen MR) is 70.5 cm³/mol. The number of amidine groups is 1. The zero-order valence-electron chi connectivity index (χ0n) is 10.3. The monoisotopic (exact) mass is 244 g/mol. The fourth-order valence-electron chi connectivity index (χ4n) is 2.40. The van der Waals surface area contributed by atoms with Gasteiger partial charge in [-0.15, -0.1) is 0 Å². The van der Waals surface area contributed by atoms with Gasteiger partial charge in [0.2, 0.25) is 0 Å². The van der Waals surface area contributed by atoms with Gasteiger partial charge in [0.05, 0.1) is 0 Å². The van der Waals surface area contributed by atoms with Crippen molar-refractivity contribution in [2.24, 2.45) is 10.7 Å². The maximum Gasteiger partial charge on any atom is 0.138 e. The zero-order chi connectivity index (χ0) is 12.8. The molecule has 0 bridgehead atoms. The summed E-state index contributed by atoms with van der Waals surface area (Å²) in [6.45, 7) is 0. The number of nitrogens with one attached hydrogen (secondary N) is 1. The van der Waals surface area contributed by atoms with Gasteiger partial charge in [-0.3, -0.25) is 4.99 Å². The number of hydrogen-bond acceptors (Lipinski definition) is 3. The molecular weight excluding hydrogens is 228 g/mol. The van der Waals surface area contributed by atoms with Gasteiger partial charge in [0.1, 0.15) is 17.1 Å². The van der Waals surface area contributed by atoms with E-state index in [9.17, 15) is 5.11 Å². The van der Waals surface area contributed by atoms with E-state index in [1.807, 2.05) is 12.1 Å². The molecule has 0 aromatic carbocycles. The van der Waals surface area contributed by atoms with E-state index in [0.29, 0.717) is 5.84 Å². The molecule has 4 N–H and O–H groups in total. The van der Waals surface area contributed by atoms with Gasteiger partial charge in [0, 0.05) is 29.9 Å². The van der Waals surface area contributed by atoms with Gasteiger partial charge in [-0.25, -0.2) is 4.98 Å². The lowest BCUT2D eigenvalue weighted by molar-refractivity contribution is -0.0420. The van der Waals surface area contributed by atoms with Gasteiger partial charge in [-0.2, -0.15) is 0 Å². The minimum Gasteiger partial charge on any atom is -0.384 e. The molecule has 1 aliphatic carbocycles. The van der Waals surface area contributed by atoms with Crippen molar-refractivity contribution in [2.75, 3.05) is 7.05 Å². The van der Waals surface area contributed by atoms with Crippen molar-refractivity contribution >= 4 is 16.9 Å². The lowest BCUT2D eigenvalue weighted by atomic mass is 9.78. The molecule has 0 amide bonds. The number of fused-ring (bicyclic) bond motifs is 1. The van der Waals surface area contributed by atoms with E-state index in [1.165, 1.54) is 0 Å². The number of aromatic amines is 1. The van der Waals surface area contributed by atoms with Gasteiger partial charge in [0.25, 0.3) is 0 Å². The Morgan fingerprint density at radius 3 is 2.94 bits per heavy atom. The summed E-state index contributed by atoms with van der Waals surface area (Å²) in [5.41, 5.74) is 7.58. The minimum atomic E-state index is -0.712. The Hall–Kier alpha value is -1.88. The third-order valence-corrected chi connectivity index (χ3v) is 3.73. The van der Waals surface area contributed by atoms with Crippen LogP contribution in [-0.2, 0) is 5.60 Å². The molecule has 0 radical (unpaired) electrons. The van der Waals surface area contributed by atoms with Gasteiger partial charge >= 0.3 is 0 Å². The Bertz CT molecular complexity index is 625. The van der Waals surface area contributed by atoms with Crippen LogP contribution in [0.5, 0.6) is 0 Å². The summed E-state index contributed by atoms with van der Waals surface area (Å²) in [6.07, 6.45) is 4.35. The van der Waals surface area contributed by atoms with Crippen molar-refractivity contribution in [2.45, 2.75) is 24.9 Å². The number of rotatable bonds is 2. The summed E-state index contributed by atoms with van der Waals surface area (Å²) in [5.74, 6) is 0.480. The summed E-state index contributed by atoms with van der Waals surface area (Å²) >= 11 is 0. The number of nitrogens with zero attached hydrogens (tertiary/aromatic N) is 2. The minimum absolute atomic E-state index is 0.480. The smallest absolute Gasteiger partial charge is 0.138 e. The maximum absolute atomic E-state index is 10.3. The molecule has 1 fully saturated rings.